The van der Waals surface area contributed by atoms with Crippen LogP contribution in [0.4, 0.5) is 11.4 Å². The molecule has 3 aromatic heterocycles. The van der Waals surface area contributed by atoms with E-state index in [0.717, 1.165) is 11.5 Å². The van der Waals surface area contributed by atoms with Gasteiger partial charge in [0.25, 0.3) is 5.91 Å². The maximum absolute atomic E-state index is 12.8. The molecule has 1 atom stereocenters. The molecule has 0 fully saturated rings. The molecule has 11 heteroatoms. The molecule has 3 aromatic rings. The summed E-state index contributed by atoms with van der Waals surface area (Å²) in [6.07, 6.45) is 12.1. The van der Waals surface area contributed by atoms with Crippen LogP contribution < -0.4 is 16.5 Å². The maximum Gasteiger partial charge on any atom is 0.278 e. The van der Waals surface area contributed by atoms with Crippen molar-refractivity contribution >= 4 is 28.9 Å². The minimum atomic E-state index is -0.566. The number of nitrogens with two attached hydrogens (primary N) is 1. The third-order valence-electron chi connectivity index (χ3n) is 6.39. The second-order valence-electron chi connectivity index (χ2n) is 9.85. The Balaban J connectivity index is 0.000000564. The highest BCUT2D eigenvalue weighted by atomic mass is 16.3. The number of aryl methyl sites for hydroxylation is 1. The van der Waals surface area contributed by atoms with Crippen molar-refractivity contribution in [3.8, 4) is 11.3 Å². The van der Waals surface area contributed by atoms with Gasteiger partial charge in [0.15, 0.2) is 5.71 Å². The van der Waals surface area contributed by atoms with E-state index in [1.54, 1.807) is 55.2 Å². The van der Waals surface area contributed by atoms with Gasteiger partial charge in [-0.2, -0.15) is 10.2 Å². The monoisotopic (exact) mass is 564 g/mol. The Morgan fingerprint density at radius 1 is 1.07 bits per heavy atom. The zero-order valence-corrected chi connectivity index (χ0v) is 24.9. The van der Waals surface area contributed by atoms with Crippen molar-refractivity contribution in [1.82, 2.24) is 19.7 Å². The number of hydrogen-bond acceptors (Lipinski definition) is 8. The minimum Gasteiger partial charge on any atom is -0.394 e. The summed E-state index contributed by atoms with van der Waals surface area (Å²) >= 11 is 0. The number of aliphatic hydroxyl groups is 1. The predicted octanol–water partition coefficient (Wildman–Crippen LogP) is 4.90. The lowest BCUT2D eigenvalue weighted by molar-refractivity contribution is -0.116. The van der Waals surface area contributed by atoms with Crippen LogP contribution in [0.5, 0.6) is 0 Å². The number of nitrogens with zero attached hydrogens (tertiary/aromatic N) is 5. The van der Waals surface area contributed by atoms with Crippen LogP contribution in [-0.4, -0.2) is 49.0 Å². The van der Waals surface area contributed by atoms with Gasteiger partial charge in [-0.25, -0.2) is 0 Å². The highest BCUT2D eigenvalue weighted by Gasteiger charge is 2.18. The molecule has 0 bridgehead atoms. The lowest BCUT2D eigenvalue weighted by Gasteiger charge is -2.11. The molecule has 0 spiro atoms. The molecular weight excluding hydrogens is 520 g/mol. The standard InChI is InChI=1S/C21H24N8O3.C9H20/c1-3-19(31)25-15-10-18(13(2)23-12-15)26-21(32)20(27-22)17-5-4-14(11-24-17)16-6-7-29(28-16)8-9-30;1-4-6-8-9(3)7-5-2/h4-7,10-12,30H,3,8-9,22H2,1-2H3,(H,25,31)(H,26,32);9H,4-8H2,1-3H3/b27-20+;. The number of hydrazone groups is 1. The van der Waals surface area contributed by atoms with Crippen LogP contribution in [0.1, 0.15) is 77.6 Å². The van der Waals surface area contributed by atoms with Gasteiger partial charge < -0.3 is 21.6 Å². The fourth-order valence-electron chi connectivity index (χ4n) is 4.02. The number of carbonyl (C=O) groups is 2. The van der Waals surface area contributed by atoms with E-state index in [1.165, 1.54) is 38.3 Å². The average molecular weight is 565 g/mol. The fraction of sp³-hybridized carbons (Fsp3) is 0.467. The van der Waals surface area contributed by atoms with Crippen LogP contribution in [0.2, 0.25) is 0 Å². The Kier molecular flexibility index (Phi) is 14.2. The minimum absolute atomic E-state index is 0.00732. The molecule has 0 aliphatic heterocycles. The van der Waals surface area contributed by atoms with E-state index in [4.69, 9.17) is 10.9 Å². The molecule has 0 radical (unpaired) electrons. The molecule has 0 saturated heterocycles. The van der Waals surface area contributed by atoms with Crippen LogP contribution in [0.25, 0.3) is 11.3 Å². The second-order valence-corrected chi connectivity index (χ2v) is 9.85. The van der Waals surface area contributed by atoms with Gasteiger partial charge in [0.05, 0.1) is 47.8 Å². The Bertz CT molecular complexity index is 1270. The molecule has 0 aromatic carbocycles. The topological polar surface area (TPSA) is 160 Å². The van der Waals surface area contributed by atoms with Crippen LogP contribution in [0.15, 0.2) is 48.0 Å². The van der Waals surface area contributed by atoms with Crippen LogP contribution in [0.3, 0.4) is 0 Å². The summed E-state index contributed by atoms with van der Waals surface area (Å²) in [5.41, 5.74) is 3.07. The molecule has 0 aliphatic carbocycles. The van der Waals surface area contributed by atoms with Crippen molar-refractivity contribution < 1.29 is 14.7 Å². The first-order valence-corrected chi connectivity index (χ1v) is 14.2. The highest BCUT2D eigenvalue weighted by Crippen LogP contribution is 2.20. The van der Waals surface area contributed by atoms with E-state index in [-0.39, 0.29) is 23.9 Å². The number of amides is 2. The number of nitrogens with one attached hydrogen (secondary N) is 2. The van der Waals surface area contributed by atoms with Crippen molar-refractivity contribution in [2.24, 2.45) is 16.9 Å². The summed E-state index contributed by atoms with van der Waals surface area (Å²) in [5, 5.41) is 22.4. The average Bonchev–Trinajstić information content (AvgIpc) is 3.44. The van der Waals surface area contributed by atoms with Crippen LogP contribution in [0, 0.1) is 12.8 Å². The number of aliphatic hydroxyl groups excluding tert-OH is 1. The quantitative estimate of drug-likeness (QED) is 0.130. The van der Waals surface area contributed by atoms with Crippen molar-refractivity contribution in [3.05, 3.63) is 54.2 Å². The molecule has 5 N–H and O–H groups in total. The van der Waals surface area contributed by atoms with Gasteiger partial charge in [0.1, 0.15) is 0 Å². The first kappa shape index (κ1) is 33.1. The number of carbonyl (C=O) groups excluding carboxylic acids is 2. The Morgan fingerprint density at radius 2 is 1.85 bits per heavy atom. The molecule has 41 heavy (non-hydrogen) atoms. The van der Waals surface area contributed by atoms with Gasteiger partial charge in [0.2, 0.25) is 5.91 Å². The molecule has 222 valence electrons. The first-order chi connectivity index (χ1) is 19.8. The number of pyridine rings is 2. The predicted molar refractivity (Wildman–Crippen MR) is 163 cm³/mol. The van der Waals surface area contributed by atoms with Crippen LogP contribution >= 0.6 is 0 Å². The SMILES string of the molecule is CCC(=O)Nc1cnc(C)c(NC(=O)/C(=N/N)c2ccc(-c3ccn(CCO)n3)cn2)c1.CCCCC(C)CCC. The van der Waals surface area contributed by atoms with E-state index in [1.807, 2.05) is 0 Å². The number of rotatable bonds is 13. The number of hydrogen-bond donors (Lipinski definition) is 4. The van der Waals surface area contributed by atoms with Gasteiger partial charge in [-0.15, -0.1) is 0 Å². The van der Waals surface area contributed by atoms with Gasteiger partial charge >= 0.3 is 0 Å². The summed E-state index contributed by atoms with van der Waals surface area (Å²) in [7, 11) is 0. The van der Waals surface area contributed by atoms with Crippen LogP contribution in [-0.2, 0) is 16.1 Å². The third-order valence-corrected chi connectivity index (χ3v) is 6.39. The number of aromatic nitrogens is 4. The van der Waals surface area contributed by atoms with Crippen molar-refractivity contribution in [2.75, 3.05) is 17.2 Å². The second kappa shape index (κ2) is 17.5. The van der Waals surface area contributed by atoms with E-state index in [0.29, 0.717) is 35.7 Å². The van der Waals surface area contributed by atoms with E-state index >= 15 is 0 Å². The van der Waals surface area contributed by atoms with Crippen molar-refractivity contribution in [3.63, 3.8) is 0 Å². The third kappa shape index (κ3) is 10.8. The lowest BCUT2D eigenvalue weighted by atomic mass is 10.00. The van der Waals surface area contributed by atoms with E-state index in [9.17, 15) is 9.59 Å². The zero-order chi connectivity index (χ0) is 30.2. The number of unbranched alkanes of at least 4 members (excludes halogenated alkanes) is 1. The molecule has 0 aliphatic rings. The highest BCUT2D eigenvalue weighted by molar-refractivity contribution is 6.48. The van der Waals surface area contributed by atoms with E-state index in [2.05, 4.69) is 51.6 Å². The molecule has 3 rings (SSSR count). The summed E-state index contributed by atoms with van der Waals surface area (Å²) in [6.45, 7) is 10.7. The largest absolute Gasteiger partial charge is 0.394 e. The summed E-state index contributed by atoms with van der Waals surface area (Å²) in [5.74, 6) is 5.71. The molecular formula is C30H44N8O3. The molecule has 3 heterocycles. The molecule has 2 amide bonds. The smallest absolute Gasteiger partial charge is 0.278 e. The zero-order valence-electron chi connectivity index (χ0n) is 24.9. The molecule has 0 saturated carbocycles. The number of anilines is 2. The van der Waals surface area contributed by atoms with E-state index < -0.39 is 5.91 Å². The summed E-state index contributed by atoms with van der Waals surface area (Å²) in [6, 6.07) is 6.78. The summed E-state index contributed by atoms with van der Waals surface area (Å²) in [4.78, 5) is 32.9. The van der Waals surface area contributed by atoms with Crippen molar-refractivity contribution in [2.45, 2.75) is 79.7 Å². The molecule has 1 unspecified atom stereocenters. The van der Waals surface area contributed by atoms with Gasteiger partial charge in [0, 0.05) is 24.4 Å². The molecule has 11 nitrogen and oxygen atoms in total. The first-order valence-electron chi connectivity index (χ1n) is 14.2. The Labute approximate surface area is 242 Å². The van der Waals surface area contributed by atoms with Gasteiger partial charge in [-0.05, 0) is 37.1 Å². The normalized spacial score (nSPS) is 11.8. The van der Waals surface area contributed by atoms with Gasteiger partial charge in [-0.1, -0.05) is 59.8 Å². The lowest BCUT2D eigenvalue weighted by Crippen LogP contribution is -2.26. The maximum atomic E-state index is 12.8. The Hall–Kier alpha value is -4.12. The van der Waals surface area contributed by atoms with Crippen molar-refractivity contribution in [1.29, 1.82) is 0 Å². The van der Waals surface area contributed by atoms with Gasteiger partial charge in [-0.3, -0.25) is 24.2 Å². The summed E-state index contributed by atoms with van der Waals surface area (Å²) < 4.78 is 1.62. The fourth-order valence-corrected chi connectivity index (χ4v) is 4.02. The Morgan fingerprint density at radius 3 is 2.46 bits per heavy atom.